The zero-order chi connectivity index (χ0) is 99.4. The predicted octanol–water partition coefficient (Wildman–Crippen LogP) is 13.3. The van der Waals surface area contributed by atoms with Gasteiger partial charge in [-0.15, -0.1) is 0 Å². The molecule has 0 aliphatic carbocycles. The summed E-state index contributed by atoms with van der Waals surface area (Å²) in [5.74, 6) is -2.59. The first-order chi connectivity index (χ1) is 60.0. The van der Waals surface area contributed by atoms with Crippen LogP contribution in [0, 0.1) is 11.8 Å². The van der Waals surface area contributed by atoms with E-state index in [9.17, 15) is 43.2 Å². The number of alkyl halides is 1. The molecule has 0 radical (unpaired) electrons. The van der Waals surface area contributed by atoms with Crippen LogP contribution in [-0.4, -0.2) is 237 Å². The molecule has 8 N–H and O–H groups in total. The standard InChI is InChI=1S/C28H45BN2O6.C21H34BN3O6.C20H31BO4.C19H30BNO4.2C2H6.CH3F.2CH4.2BrH.4H2S.Zn/c1-20(12-13-31-14-16-34-17-15-31)24(32)30-23(25(33)35-26(2,3)4)19-21-10-9-11-22(18-21)29-36-27(5,6)28(7,8)37-29;1-21(2,3)31-20(27)18(14-15-5-4-6-16(13-15)22(28)29)24-19(26)17(23)7-8-25-9-11-30-12-10-25;1-14(17(22)23-18(2,3)4)12-15-10-9-11-16(13-15)21-24-19(5,6)20(7,8)25-21;1-17(2,3)23-16(22)15(21)12-13-9-8-10-14(11-13)20-24-18(4,5)19(6,7)25-20;3*1-2;;;;;;;;;/h9-11,18,20,23H,12-17,19H2,1-8H3,(H,30,32);4-6,13,17-18,28-29H,7-12,14,23H2,1-3H3,(H,24,26);9-11,13-14H,12H2,1-8H3;8-11,15H,12,21H2,1-7H3;2*1-2H3;1H3;2*1H4;2*1H;4*1H2;/q;;;;;;;;;;;;;;;+2/p-2/t20-,23-;17-,18-;14-;15-;;;;;;;;;;;;/m0000............/s1/i;;;;3*1D;;;;;;;;;. The second-order valence-corrected chi connectivity index (χ2v) is 52.9. The van der Waals surface area contributed by atoms with Crippen LogP contribution in [0.1, 0.15) is 262 Å². The molecule has 133 heavy (non-hydrogen) atoms. The van der Waals surface area contributed by atoms with Crippen molar-refractivity contribution in [3.05, 3.63) is 119 Å². The van der Waals surface area contributed by atoms with Crippen LogP contribution in [0.3, 0.4) is 0 Å². The van der Waals surface area contributed by atoms with Gasteiger partial charge in [-0.05, 0) is 243 Å². The number of rotatable bonds is 26. The molecule has 5 aliphatic heterocycles. The second kappa shape index (κ2) is 63.3. The predicted molar refractivity (Wildman–Crippen MR) is 565 cm³/mol. The summed E-state index contributed by atoms with van der Waals surface area (Å²) in [6.07, 6.45) is 2.65. The number of carbonyl (C=O) groups excluding carboxylic acids is 6. The molecule has 4 aromatic carbocycles. The summed E-state index contributed by atoms with van der Waals surface area (Å²) < 4.78 is 97.4. The van der Waals surface area contributed by atoms with E-state index in [1.54, 1.807) is 58.9 Å². The van der Waals surface area contributed by atoms with E-state index in [0.717, 1.165) is 79.0 Å². The number of nitrogens with zero attached hydrogens (tertiary/aromatic N) is 2. The van der Waals surface area contributed by atoms with Crippen LogP contribution in [-0.2, 0) is 124 Å². The molecule has 5 heterocycles. The molecule has 0 bridgehead atoms. The van der Waals surface area contributed by atoms with Crippen molar-refractivity contribution in [3.8, 4) is 0 Å². The number of amides is 2. The summed E-state index contributed by atoms with van der Waals surface area (Å²) >= 11 is 6.25. The van der Waals surface area contributed by atoms with Crippen molar-refractivity contribution in [2.24, 2.45) is 23.3 Å². The van der Waals surface area contributed by atoms with E-state index < -0.39 is 110 Å². The number of benzene rings is 4. The van der Waals surface area contributed by atoms with Crippen LogP contribution in [0.5, 0.6) is 0 Å². The Morgan fingerprint density at radius 3 is 1.05 bits per heavy atom. The zero-order valence-electron chi connectivity index (χ0n) is 86.6. The number of nitrogens with one attached hydrogen (secondary N) is 2. The van der Waals surface area contributed by atoms with Gasteiger partial charge in [-0.3, -0.25) is 33.4 Å². The number of carbonyl (C=O) groups is 6. The Hall–Kier alpha value is -3.69. The van der Waals surface area contributed by atoms with Gasteiger partial charge in [-0.2, -0.15) is 54.0 Å². The summed E-state index contributed by atoms with van der Waals surface area (Å²) in [6.45, 7) is 62.3. The topological polar surface area (TPSA) is 336 Å². The third-order valence-electron chi connectivity index (χ3n) is 21.7. The van der Waals surface area contributed by atoms with Gasteiger partial charge in [0.1, 0.15) is 40.5 Å². The van der Waals surface area contributed by atoms with E-state index >= 15 is 0 Å². The van der Waals surface area contributed by atoms with Crippen LogP contribution < -0.4 is 44.0 Å². The van der Waals surface area contributed by atoms with Gasteiger partial charge in [-0.25, -0.2) is 9.59 Å². The fourth-order valence-corrected chi connectivity index (χ4v) is 12.8. The second-order valence-electron chi connectivity index (χ2n) is 38.8. The Bertz CT molecular complexity index is 3920. The number of nitrogens with two attached hydrogens (primary N) is 2. The first kappa shape index (κ1) is 131. The van der Waals surface area contributed by atoms with E-state index in [1.807, 2.05) is 226 Å². The maximum absolute atomic E-state index is 13.1. The number of hydrogen-bond donors (Lipinski definition) is 6. The number of esters is 4. The van der Waals surface area contributed by atoms with E-state index in [1.165, 1.54) is 0 Å². The number of ether oxygens (including phenoxy) is 6. The molecule has 0 unspecified atom stereocenters. The Labute approximate surface area is 854 Å². The van der Waals surface area contributed by atoms with Crippen LogP contribution in [0.4, 0.5) is 4.39 Å². The zero-order valence-corrected chi connectivity index (χ0v) is 93.7. The van der Waals surface area contributed by atoms with Gasteiger partial charge < -0.3 is 88.5 Å². The minimum absolute atomic E-state index is 0. The van der Waals surface area contributed by atoms with Crippen molar-refractivity contribution in [3.63, 3.8) is 0 Å². The molecule has 26 nitrogen and oxygen atoms in total. The number of hydrogen-bond acceptors (Lipinski definition) is 24. The quantitative estimate of drug-likeness (QED) is 0.0193. The molecule has 4 aromatic rings. The summed E-state index contributed by atoms with van der Waals surface area (Å²) in [5, 5.41) is 24.5. The summed E-state index contributed by atoms with van der Waals surface area (Å²) in [5.41, 5.74) is 14.0. The van der Waals surface area contributed by atoms with E-state index in [4.69, 9.17) is 71.9 Å². The molecule has 0 spiro atoms. The monoisotopic (exact) mass is 2130 g/mol. The Morgan fingerprint density at radius 1 is 0.466 bits per heavy atom. The fraction of sp³-hybridized carbons (Fsp3) is 0.684. The van der Waals surface area contributed by atoms with Gasteiger partial charge >= 0.3 is 92.8 Å². The van der Waals surface area contributed by atoms with Crippen molar-refractivity contribution in [2.75, 3.05) is 72.8 Å². The molecule has 2 amide bonds. The van der Waals surface area contributed by atoms with Crippen molar-refractivity contribution in [1.29, 1.82) is 0 Å². The number of halogens is 3. The Morgan fingerprint density at radius 2 is 0.737 bits per heavy atom. The van der Waals surface area contributed by atoms with Gasteiger partial charge in [0, 0.05) is 54.2 Å². The SMILES string of the molecule is C.C.CC(C)(C)OC(=O)[C@@H](N)Cc1cccc(B2OC(C)(C)C(C)(C)O2)c1.CC(C)(C)OC(=O)[C@H](Cc1cccc(B(O)O)c1)NC(=O)[C@@H](N)CCN1CCOCC1.C[C@@H](CCN1CCOCC1)C(=O)N[C@@H](Cc1cccc(B2OC(C)(C)C(C)(C)O2)c1)C(=O)OC(C)(C)C.C[C@@H](Cc1cccc(B2OC(C)(C)C(C)(C)O2)c1)C(=O)OC(C)(C)C.S.S.S.S.[2H]CC.[2H]CC.[2H]CF.[Br][Zn][Br]. The molecule has 9 rings (SSSR count). The molecule has 5 aliphatic rings. The first-order valence-electron chi connectivity index (χ1n) is 46.1. The van der Waals surface area contributed by atoms with Crippen LogP contribution >= 0.6 is 81.2 Å². The van der Waals surface area contributed by atoms with Crippen LogP contribution in [0.15, 0.2) is 97.1 Å². The van der Waals surface area contributed by atoms with Gasteiger partial charge in [0.15, 0.2) is 0 Å². The fourth-order valence-electron chi connectivity index (χ4n) is 12.8. The van der Waals surface area contributed by atoms with Crippen molar-refractivity contribution in [2.45, 2.75) is 341 Å². The third kappa shape index (κ3) is 49.5. The van der Waals surface area contributed by atoms with Crippen molar-refractivity contribution < 1.29 is 117 Å². The van der Waals surface area contributed by atoms with E-state index in [0.29, 0.717) is 76.7 Å². The van der Waals surface area contributed by atoms with E-state index in [2.05, 4.69) is 53.7 Å². The molecular weight excluding hydrogens is 1960 g/mol. The van der Waals surface area contributed by atoms with Gasteiger partial charge in [0.2, 0.25) is 11.8 Å². The third-order valence-corrected chi connectivity index (χ3v) is 21.7. The van der Waals surface area contributed by atoms with Gasteiger partial charge in [0.25, 0.3) is 0 Å². The average Bonchev–Trinajstić information content (AvgIpc) is 1.63. The molecule has 6 atom stereocenters. The first-order valence-corrected chi connectivity index (χ1v) is 57.9. The maximum atomic E-state index is 13.1. The van der Waals surface area contributed by atoms with Crippen molar-refractivity contribution in [1.82, 2.24) is 20.4 Å². The Balaban J connectivity index is -0.000000536. The molecule has 760 valence electrons. The molecule has 38 heteroatoms. The molecule has 0 saturated carbocycles. The Kier molecular flexibility index (Phi) is 62.5. The van der Waals surface area contributed by atoms with Crippen molar-refractivity contribution >= 4 is 167 Å². The summed E-state index contributed by atoms with van der Waals surface area (Å²) in [4.78, 5) is 80.4. The van der Waals surface area contributed by atoms with Gasteiger partial charge in [0.05, 0.1) is 80.5 Å². The number of morpholine rings is 2. The molecule has 0 aromatic heterocycles. The molecule has 5 saturated heterocycles. The summed E-state index contributed by atoms with van der Waals surface area (Å²) in [7, 11) is -3.94. The normalized spacial score (nSPS) is 18.1. The van der Waals surface area contributed by atoms with Crippen LogP contribution in [0.2, 0.25) is 0 Å². The minimum atomic E-state index is -1.62. The molecular formula is C95H171B4Br2FN6O20S4Zn. The van der Waals surface area contributed by atoms with E-state index in [-0.39, 0.29) is 142 Å². The average molecular weight is 2140 g/mol. The molecule has 5 fully saturated rings. The summed E-state index contributed by atoms with van der Waals surface area (Å²) in [6, 6.07) is 27.0. The van der Waals surface area contributed by atoms with Gasteiger partial charge in [-0.1, -0.05) is 153 Å². The van der Waals surface area contributed by atoms with Crippen LogP contribution in [0.25, 0.3) is 0 Å².